The number of pyridine rings is 1. The standard InChI is InChI=1S/C17H17N3O4/c1-24-10-2-3-11(14(8-10)17(22)23)13-9-15(18-6-7-21)20-16-12(13)4-5-19-16/h2-5,8-9,21H,6-7H2,1H3,(H,22,23)(H2,18,19,20). The zero-order valence-corrected chi connectivity index (χ0v) is 13.0. The SMILES string of the molecule is COc1ccc(-c2cc(NCCO)nc3[nH]ccc23)c(C(=O)O)c1. The number of aromatic amines is 1. The van der Waals surface area contributed by atoms with Crippen LogP contribution in [0.3, 0.4) is 0 Å². The van der Waals surface area contributed by atoms with Crippen molar-refractivity contribution in [3.8, 4) is 16.9 Å². The van der Waals surface area contributed by atoms with Crippen LogP contribution in [0, 0.1) is 0 Å². The maximum atomic E-state index is 11.7. The summed E-state index contributed by atoms with van der Waals surface area (Å²) in [5, 5.41) is 22.3. The number of hydrogen-bond acceptors (Lipinski definition) is 5. The second kappa shape index (κ2) is 6.59. The van der Waals surface area contributed by atoms with Gasteiger partial charge in [-0.05, 0) is 41.5 Å². The second-order valence-corrected chi connectivity index (χ2v) is 5.16. The number of nitrogens with one attached hydrogen (secondary N) is 2. The number of methoxy groups -OCH3 is 1. The highest BCUT2D eigenvalue weighted by Crippen LogP contribution is 2.34. The Hall–Kier alpha value is -3.06. The summed E-state index contributed by atoms with van der Waals surface area (Å²) in [4.78, 5) is 19.1. The van der Waals surface area contributed by atoms with E-state index in [1.807, 2.05) is 6.07 Å². The highest BCUT2D eigenvalue weighted by Gasteiger charge is 2.17. The summed E-state index contributed by atoms with van der Waals surface area (Å²) in [7, 11) is 1.49. The van der Waals surface area contributed by atoms with Gasteiger partial charge >= 0.3 is 5.97 Å². The van der Waals surface area contributed by atoms with E-state index in [4.69, 9.17) is 9.84 Å². The third kappa shape index (κ3) is 2.89. The van der Waals surface area contributed by atoms with E-state index in [1.54, 1.807) is 24.4 Å². The first-order chi connectivity index (χ1) is 11.6. The minimum Gasteiger partial charge on any atom is -0.497 e. The van der Waals surface area contributed by atoms with Crippen LogP contribution in [0.4, 0.5) is 5.82 Å². The summed E-state index contributed by atoms with van der Waals surface area (Å²) in [6.07, 6.45) is 1.75. The van der Waals surface area contributed by atoms with Gasteiger partial charge in [0.25, 0.3) is 0 Å². The van der Waals surface area contributed by atoms with Crippen molar-refractivity contribution in [2.45, 2.75) is 0 Å². The highest BCUT2D eigenvalue weighted by molar-refractivity contribution is 6.03. The molecule has 24 heavy (non-hydrogen) atoms. The topological polar surface area (TPSA) is 107 Å². The summed E-state index contributed by atoms with van der Waals surface area (Å²) in [5.41, 5.74) is 2.10. The summed E-state index contributed by atoms with van der Waals surface area (Å²) < 4.78 is 5.12. The number of carboxylic acid groups (broad SMARTS) is 1. The number of aliphatic hydroxyl groups is 1. The lowest BCUT2D eigenvalue weighted by Crippen LogP contribution is -2.07. The largest absolute Gasteiger partial charge is 0.497 e. The molecular weight excluding hydrogens is 310 g/mol. The maximum Gasteiger partial charge on any atom is 0.336 e. The fourth-order valence-corrected chi connectivity index (χ4v) is 2.60. The second-order valence-electron chi connectivity index (χ2n) is 5.16. The van der Waals surface area contributed by atoms with E-state index >= 15 is 0 Å². The molecule has 0 fully saturated rings. The normalized spacial score (nSPS) is 10.8. The lowest BCUT2D eigenvalue weighted by Gasteiger charge is -2.12. The number of carbonyl (C=O) groups is 1. The van der Waals surface area contributed by atoms with Crippen molar-refractivity contribution in [1.29, 1.82) is 0 Å². The molecule has 0 spiro atoms. The average Bonchev–Trinajstić information content (AvgIpc) is 3.07. The number of ether oxygens (including phenoxy) is 1. The van der Waals surface area contributed by atoms with Gasteiger partial charge in [0.15, 0.2) is 0 Å². The summed E-state index contributed by atoms with van der Waals surface area (Å²) in [5.74, 6) is 0.00423. The number of aromatic carboxylic acids is 1. The fraction of sp³-hybridized carbons (Fsp3) is 0.176. The Kier molecular flexibility index (Phi) is 4.35. The maximum absolute atomic E-state index is 11.7. The number of fused-ring (bicyclic) bond motifs is 1. The molecule has 1 aromatic carbocycles. The molecule has 124 valence electrons. The van der Waals surface area contributed by atoms with E-state index < -0.39 is 5.97 Å². The van der Waals surface area contributed by atoms with Gasteiger partial charge < -0.3 is 25.3 Å². The van der Waals surface area contributed by atoms with Crippen LogP contribution >= 0.6 is 0 Å². The van der Waals surface area contributed by atoms with Crippen molar-refractivity contribution in [3.63, 3.8) is 0 Å². The lowest BCUT2D eigenvalue weighted by atomic mass is 9.97. The quantitative estimate of drug-likeness (QED) is 0.553. The molecule has 7 heteroatoms. The molecule has 0 aliphatic heterocycles. The Balaban J connectivity index is 2.21. The first kappa shape index (κ1) is 15.8. The molecule has 2 aromatic heterocycles. The van der Waals surface area contributed by atoms with Crippen LogP contribution in [-0.2, 0) is 0 Å². The molecule has 0 bridgehead atoms. The number of nitrogens with zero attached hydrogens (tertiary/aromatic N) is 1. The highest BCUT2D eigenvalue weighted by atomic mass is 16.5. The van der Waals surface area contributed by atoms with Gasteiger partial charge in [0.05, 0.1) is 19.3 Å². The molecule has 0 atom stereocenters. The van der Waals surface area contributed by atoms with Gasteiger partial charge in [0.1, 0.15) is 17.2 Å². The predicted octanol–water partition coefficient (Wildman–Crippen LogP) is 2.34. The monoisotopic (exact) mass is 327 g/mol. The average molecular weight is 327 g/mol. The van der Waals surface area contributed by atoms with Crippen LogP contribution in [0.15, 0.2) is 36.5 Å². The number of anilines is 1. The van der Waals surface area contributed by atoms with Gasteiger partial charge in [-0.25, -0.2) is 9.78 Å². The Labute approximate surface area is 137 Å². The number of aromatic nitrogens is 2. The molecular formula is C17H17N3O4. The van der Waals surface area contributed by atoms with Crippen molar-refractivity contribution in [3.05, 3.63) is 42.1 Å². The van der Waals surface area contributed by atoms with E-state index in [-0.39, 0.29) is 12.2 Å². The minimum absolute atomic E-state index is 0.0251. The minimum atomic E-state index is -1.03. The smallest absolute Gasteiger partial charge is 0.336 e. The Morgan fingerprint density at radius 3 is 2.83 bits per heavy atom. The molecule has 3 aromatic rings. The molecule has 0 aliphatic rings. The Bertz CT molecular complexity index is 889. The summed E-state index contributed by atoms with van der Waals surface area (Å²) in [6, 6.07) is 8.57. The fourth-order valence-electron chi connectivity index (χ4n) is 2.60. The van der Waals surface area contributed by atoms with E-state index in [0.717, 1.165) is 10.9 Å². The first-order valence-corrected chi connectivity index (χ1v) is 7.38. The number of hydrogen-bond donors (Lipinski definition) is 4. The zero-order chi connectivity index (χ0) is 17.1. The van der Waals surface area contributed by atoms with Crippen LogP contribution in [-0.4, -0.2) is 46.4 Å². The molecule has 3 rings (SSSR count). The van der Waals surface area contributed by atoms with Gasteiger partial charge in [0, 0.05) is 18.1 Å². The van der Waals surface area contributed by atoms with E-state index in [1.165, 1.54) is 13.2 Å². The van der Waals surface area contributed by atoms with E-state index in [9.17, 15) is 9.90 Å². The van der Waals surface area contributed by atoms with Crippen molar-refractivity contribution >= 4 is 22.8 Å². The van der Waals surface area contributed by atoms with Gasteiger partial charge in [0.2, 0.25) is 0 Å². The molecule has 0 saturated carbocycles. The number of benzene rings is 1. The van der Waals surface area contributed by atoms with Crippen molar-refractivity contribution < 1.29 is 19.7 Å². The van der Waals surface area contributed by atoms with Crippen LogP contribution in [0.5, 0.6) is 5.75 Å². The van der Waals surface area contributed by atoms with Crippen molar-refractivity contribution in [2.75, 3.05) is 25.6 Å². The van der Waals surface area contributed by atoms with Crippen molar-refractivity contribution in [2.24, 2.45) is 0 Å². The number of H-pyrrole nitrogens is 1. The molecule has 0 amide bonds. The number of rotatable bonds is 6. The van der Waals surface area contributed by atoms with Crippen LogP contribution in [0.25, 0.3) is 22.2 Å². The molecule has 2 heterocycles. The molecule has 0 saturated heterocycles. The number of carboxylic acids is 1. The van der Waals surface area contributed by atoms with Crippen LogP contribution in [0.1, 0.15) is 10.4 Å². The molecule has 0 aliphatic carbocycles. The van der Waals surface area contributed by atoms with Crippen LogP contribution < -0.4 is 10.1 Å². The predicted molar refractivity (Wildman–Crippen MR) is 90.6 cm³/mol. The van der Waals surface area contributed by atoms with E-state index in [2.05, 4.69) is 15.3 Å². The van der Waals surface area contributed by atoms with Gasteiger partial charge in [-0.3, -0.25) is 0 Å². The third-order valence-corrected chi connectivity index (χ3v) is 3.69. The lowest BCUT2D eigenvalue weighted by molar-refractivity contribution is 0.0697. The zero-order valence-electron chi connectivity index (χ0n) is 13.0. The molecule has 0 unspecified atom stereocenters. The molecule has 4 N–H and O–H groups in total. The third-order valence-electron chi connectivity index (χ3n) is 3.69. The summed E-state index contributed by atoms with van der Waals surface area (Å²) in [6.45, 7) is 0.329. The molecule has 7 nitrogen and oxygen atoms in total. The Morgan fingerprint density at radius 1 is 1.29 bits per heavy atom. The van der Waals surface area contributed by atoms with Gasteiger partial charge in [-0.15, -0.1) is 0 Å². The Morgan fingerprint density at radius 2 is 2.12 bits per heavy atom. The summed E-state index contributed by atoms with van der Waals surface area (Å²) >= 11 is 0. The van der Waals surface area contributed by atoms with E-state index in [0.29, 0.717) is 29.3 Å². The van der Waals surface area contributed by atoms with Gasteiger partial charge in [-0.1, -0.05) is 0 Å². The number of aliphatic hydroxyl groups excluding tert-OH is 1. The van der Waals surface area contributed by atoms with Crippen molar-refractivity contribution in [1.82, 2.24) is 9.97 Å². The molecule has 0 radical (unpaired) electrons. The van der Waals surface area contributed by atoms with Crippen LogP contribution in [0.2, 0.25) is 0 Å². The van der Waals surface area contributed by atoms with Gasteiger partial charge in [-0.2, -0.15) is 0 Å². The first-order valence-electron chi connectivity index (χ1n) is 7.38.